The average Bonchev–Trinajstić information content (AvgIpc) is 2.55. The maximum Gasteiger partial charge on any atom is 0.257 e. The molecule has 0 aromatic heterocycles. The van der Waals surface area contributed by atoms with E-state index in [0.29, 0.717) is 6.54 Å². The lowest BCUT2D eigenvalue weighted by molar-refractivity contribution is 0.0493. The van der Waals surface area contributed by atoms with Gasteiger partial charge < -0.3 is 9.80 Å². The maximum atomic E-state index is 14.2. The summed E-state index contributed by atoms with van der Waals surface area (Å²) in [4.78, 5) is 16.9. The predicted molar refractivity (Wildman–Crippen MR) is 88.9 cm³/mol. The molecule has 0 radical (unpaired) electrons. The van der Waals surface area contributed by atoms with E-state index in [-0.39, 0.29) is 17.5 Å². The van der Waals surface area contributed by atoms with E-state index in [0.717, 1.165) is 24.2 Å². The smallest absolute Gasteiger partial charge is 0.257 e. The molecule has 1 amide bonds. The van der Waals surface area contributed by atoms with Crippen LogP contribution in [0.15, 0.2) is 48.5 Å². The highest BCUT2D eigenvalue weighted by Gasteiger charge is 2.31. The third-order valence-corrected chi connectivity index (χ3v) is 4.38. The van der Waals surface area contributed by atoms with Crippen molar-refractivity contribution in [1.82, 2.24) is 9.80 Å². The zero-order valence-electron chi connectivity index (χ0n) is 13.5. The van der Waals surface area contributed by atoms with Crippen molar-refractivity contribution in [3.05, 3.63) is 71.0 Å². The molecule has 1 fully saturated rings. The van der Waals surface area contributed by atoms with Gasteiger partial charge in [0.25, 0.3) is 5.91 Å². The number of benzene rings is 2. The molecule has 1 atom stereocenters. The van der Waals surface area contributed by atoms with Gasteiger partial charge in [0.1, 0.15) is 5.82 Å². The normalized spacial score (nSPS) is 18.9. The Bertz CT molecular complexity index is 702. The van der Waals surface area contributed by atoms with Gasteiger partial charge >= 0.3 is 0 Å². The van der Waals surface area contributed by atoms with Crippen molar-refractivity contribution in [3.8, 4) is 0 Å². The van der Waals surface area contributed by atoms with Crippen LogP contribution < -0.4 is 0 Å². The molecule has 23 heavy (non-hydrogen) atoms. The van der Waals surface area contributed by atoms with Crippen LogP contribution in [0.25, 0.3) is 0 Å². The van der Waals surface area contributed by atoms with Crippen LogP contribution in [0.2, 0.25) is 0 Å². The quantitative estimate of drug-likeness (QED) is 0.850. The van der Waals surface area contributed by atoms with E-state index in [1.165, 1.54) is 6.07 Å². The molecular formula is C19H21FN2O. The number of piperazine rings is 1. The van der Waals surface area contributed by atoms with E-state index in [2.05, 4.69) is 4.90 Å². The van der Waals surface area contributed by atoms with Gasteiger partial charge in [0.15, 0.2) is 0 Å². The molecule has 3 nitrogen and oxygen atoms in total. The first-order valence-corrected chi connectivity index (χ1v) is 7.87. The first-order chi connectivity index (χ1) is 11.1. The van der Waals surface area contributed by atoms with Gasteiger partial charge in [-0.3, -0.25) is 4.79 Å². The third-order valence-electron chi connectivity index (χ3n) is 4.38. The van der Waals surface area contributed by atoms with Crippen molar-refractivity contribution in [2.45, 2.75) is 13.0 Å². The highest BCUT2D eigenvalue weighted by molar-refractivity contribution is 5.95. The summed E-state index contributed by atoms with van der Waals surface area (Å²) >= 11 is 0. The summed E-state index contributed by atoms with van der Waals surface area (Å²) < 4.78 is 14.2. The van der Waals surface area contributed by atoms with E-state index >= 15 is 0 Å². The molecule has 1 unspecified atom stereocenters. The Morgan fingerprint density at radius 3 is 2.57 bits per heavy atom. The zero-order chi connectivity index (χ0) is 16.4. The highest BCUT2D eigenvalue weighted by Crippen LogP contribution is 2.27. The minimum Gasteiger partial charge on any atom is -0.329 e. The summed E-state index contributed by atoms with van der Waals surface area (Å²) in [6, 6.07) is 14.7. The minimum absolute atomic E-state index is 0.0526. The van der Waals surface area contributed by atoms with E-state index in [1.54, 1.807) is 17.0 Å². The standard InChI is InChI=1S/C19H21FN2O/c1-14-8-9-16(17(20)12-14)19(23)22-11-10-21(2)13-18(22)15-6-4-3-5-7-15/h3-9,12,18H,10-11,13H2,1-2H3. The van der Waals surface area contributed by atoms with Gasteiger partial charge in [-0.15, -0.1) is 0 Å². The van der Waals surface area contributed by atoms with Crippen molar-refractivity contribution in [2.75, 3.05) is 26.7 Å². The summed E-state index contributed by atoms with van der Waals surface area (Å²) in [5.74, 6) is -0.676. The third kappa shape index (κ3) is 3.27. The van der Waals surface area contributed by atoms with Crippen LogP contribution >= 0.6 is 0 Å². The van der Waals surface area contributed by atoms with Crippen LogP contribution in [0.1, 0.15) is 27.5 Å². The number of carbonyl (C=O) groups is 1. The van der Waals surface area contributed by atoms with E-state index in [9.17, 15) is 9.18 Å². The number of nitrogens with zero attached hydrogens (tertiary/aromatic N) is 2. The van der Waals surface area contributed by atoms with Crippen molar-refractivity contribution < 1.29 is 9.18 Å². The molecule has 0 spiro atoms. The number of halogens is 1. The number of likely N-dealkylation sites (N-methyl/N-ethyl adjacent to an activating group) is 1. The van der Waals surface area contributed by atoms with E-state index in [4.69, 9.17) is 0 Å². The fourth-order valence-electron chi connectivity index (χ4n) is 3.07. The summed E-state index contributed by atoms with van der Waals surface area (Å²) in [6.07, 6.45) is 0. The van der Waals surface area contributed by atoms with E-state index in [1.807, 2.05) is 44.3 Å². The lowest BCUT2D eigenvalue weighted by Gasteiger charge is -2.40. The first kappa shape index (κ1) is 15.7. The Morgan fingerprint density at radius 2 is 1.87 bits per heavy atom. The Labute approximate surface area is 136 Å². The van der Waals surface area contributed by atoms with Crippen LogP contribution in [-0.2, 0) is 0 Å². The fourth-order valence-corrected chi connectivity index (χ4v) is 3.07. The van der Waals surface area contributed by atoms with Crippen molar-refractivity contribution in [3.63, 3.8) is 0 Å². The molecule has 0 N–H and O–H groups in total. The topological polar surface area (TPSA) is 23.6 Å². The van der Waals surface area contributed by atoms with Crippen molar-refractivity contribution >= 4 is 5.91 Å². The van der Waals surface area contributed by atoms with Crippen LogP contribution in [-0.4, -0.2) is 42.4 Å². The number of aryl methyl sites for hydroxylation is 1. The van der Waals surface area contributed by atoms with Gasteiger partial charge in [-0.25, -0.2) is 4.39 Å². The molecule has 0 aliphatic carbocycles. The summed E-state index contributed by atoms with van der Waals surface area (Å²) in [5, 5.41) is 0. The second-order valence-electron chi connectivity index (χ2n) is 6.17. The number of rotatable bonds is 2. The summed E-state index contributed by atoms with van der Waals surface area (Å²) in [5.41, 5.74) is 2.05. The van der Waals surface area contributed by atoms with Crippen LogP contribution in [0, 0.1) is 12.7 Å². The molecule has 0 bridgehead atoms. The van der Waals surface area contributed by atoms with Crippen molar-refractivity contribution in [1.29, 1.82) is 0 Å². The first-order valence-electron chi connectivity index (χ1n) is 7.87. The Morgan fingerprint density at radius 1 is 1.13 bits per heavy atom. The second-order valence-corrected chi connectivity index (χ2v) is 6.17. The second kappa shape index (κ2) is 6.50. The Kier molecular flexibility index (Phi) is 4.44. The van der Waals surface area contributed by atoms with Gasteiger partial charge in [-0.05, 0) is 37.2 Å². The Balaban J connectivity index is 1.93. The van der Waals surface area contributed by atoms with Crippen molar-refractivity contribution in [2.24, 2.45) is 0 Å². The molecule has 0 saturated carbocycles. The molecule has 1 heterocycles. The Hall–Kier alpha value is -2.20. The molecule has 120 valence electrons. The number of amides is 1. The molecular weight excluding hydrogens is 291 g/mol. The number of hydrogen-bond donors (Lipinski definition) is 0. The predicted octanol–water partition coefficient (Wildman–Crippen LogP) is 3.26. The monoisotopic (exact) mass is 312 g/mol. The van der Waals surface area contributed by atoms with Crippen LogP contribution in [0.3, 0.4) is 0 Å². The van der Waals surface area contributed by atoms with Gasteiger partial charge in [-0.1, -0.05) is 36.4 Å². The molecule has 1 aliphatic rings. The van der Waals surface area contributed by atoms with E-state index < -0.39 is 5.82 Å². The lowest BCUT2D eigenvalue weighted by atomic mass is 10.0. The highest BCUT2D eigenvalue weighted by atomic mass is 19.1. The average molecular weight is 312 g/mol. The maximum absolute atomic E-state index is 14.2. The van der Waals surface area contributed by atoms with Crippen LogP contribution in [0.4, 0.5) is 4.39 Å². The fraction of sp³-hybridized carbons (Fsp3) is 0.316. The SMILES string of the molecule is Cc1ccc(C(=O)N2CCN(C)CC2c2ccccc2)c(F)c1. The number of hydrogen-bond acceptors (Lipinski definition) is 2. The largest absolute Gasteiger partial charge is 0.329 e. The van der Waals surface area contributed by atoms with Gasteiger partial charge in [0, 0.05) is 19.6 Å². The summed E-state index contributed by atoms with van der Waals surface area (Å²) in [7, 11) is 2.05. The van der Waals surface area contributed by atoms with Gasteiger partial charge in [0.2, 0.25) is 0 Å². The molecule has 2 aromatic rings. The molecule has 1 aliphatic heterocycles. The lowest BCUT2D eigenvalue weighted by Crippen LogP contribution is -2.49. The molecule has 2 aromatic carbocycles. The van der Waals surface area contributed by atoms with Gasteiger partial charge in [-0.2, -0.15) is 0 Å². The minimum atomic E-state index is -0.444. The van der Waals surface area contributed by atoms with Gasteiger partial charge in [0.05, 0.1) is 11.6 Å². The molecule has 4 heteroatoms. The number of carbonyl (C=O) groups excluding carboxylic acids is 1. The zero-order valence-corrected chi connectivity index (χ0v) is 13.5. The molecule has 3 rings (SSSR count). The summed E-state index contributed by atoms with van der Waals surface area (Å²) in [6.45, 7) is 3.97. The molecule has 1 saturated heterocycles. The van der Waals surface area contributed by atoms with Crippen LogP contribution in [0.5, 0.6) is 0 Å².